The quantitative estimate of drug-likeness (QED) is 0.440. The number of nitrogens with one attached hydrogen (secondary N) is 3. The SMILES string of the molecule is CC(C)(C)OC(=O)NCC[C@H](NC(=O)OCC1c2ccccc2-c2ccccc21)C(=O)NC1CCCCC1. The van der Waals surface area contributed by atoms with E-state index in [9.17, 15) is 14.4 Å². The first-order valence-corrected chi connectivity index (χ1v) is 13.6. The summed E-state index contributed by atoms with van der Waals surface area (Å²) in [6.07, 6.45) is 4.18. The maximum absolute atomic E-state index is 13.1. The van der Waals surface area contributed by atoms with E-state index >= 15 is 0 Å². The predicted molar refractivity (Wildman–Crippen MR) is 146 cm³/mol. The molecule has 3 N–H and O–H groups in total. The van der Waals surface area contributed by atoms with Gasteiger partial charge in [0, 0.05) is 18.5 Å². The molecule has 38 heavy (non-hydrogen) atoms. The van der Waals surface area contributed by atoms with Gasteiger partial charge in [-0.1, -0.05) is 67.8 Å². The summed E-state index contributed by atoms with van der Waals surface area (Å²) in [6.45, 7) is 5.68. The summed E-state index contributed by atoms with van der Waals surface area (Å²) in [6, 6.07) is 15.5. The van der Waals surface area contributed by atoms with Gasteiger partial charge in [-0.15, -0.1) is 0 Å². The standard InChI is InChI=1S/C30H39N3O5/c1-30(2,3)38-28(35)31-18-17-26(27(34)32-20-11-5-4-6-12-20)33-29(36)37-19-25-23-15-9-7-13-21(23)22-14-8-10-16-24(22)25/h7-10,13-16,20,25-26H,4-6,11-12,17-19H2,1-3H3,(H,31,35)(H,32,34)(H,33,36)/t26-/m0/s1. The van der Waals surface area contributed by atoms with Crippen molar-refractivity contribution in [3.63, 3.8) is 0 Å². The van der Waals surface area contributed by atoms with Crippen LogP contribution in [0.4, 0.5) is 9.59 Å². The van der Waals surface area contributed by atoms with Gasteiger partial charge < -0.3 is 25.4 Å². The van der Waals surface area contributed by atoms with E-state index in [0.29, 0.717) is 0 Å². The first-order valence-electron chi connectivity index (χ1n) is 13.6. The van der Waals surface area contributed by atoms with Crippen molar-refractivity contribution in [2.24, 2.45) is 0 Å². The van der Waals surface area contributed by atoms with Gasteiger partial charge in [-0.2, -0.15) is 0 Å². The molecule has 0 aliphatic heterocycles. The van der Waals surface area contributed by atoms with Crippen LogP contribution in [0.3, 0.4) is 0 Å². The number of benzene rings is 2. The van der Waals surface area contributed by atoms with Gasteiger partial charge >= 0.3 is 12.2 Å². The fourth-order valence-corrected chi connectivity index (χ4v) is 5.23. The van der Waals surface area contributed by atoms with Crippen LogP contribution in [0.1, 0.15) is 76.3 Å². The molecule has 1 saturated carbocycles. The average Bonchev–Trinajstić information content (AvgIpc) is 3.20. The van der Waals surface area contributed by atoms with Gasteiger partial charge in [0.1, 0.15) is 18.2 Å². The van der Waals surface area contributed by atoms with Gasteiger partial charge in [-0.05, 0) is 62.3 Å². The molecule has 1 atom stereocenters. The van der Waals surface area contributed by atoms with E-state index in [1.165, 1.54) is 6.42 Å². The fourth-order valence-electron chi connectivity index (χ4n) is 5.23. The largest absolute Gasteiger partial charge is 0.449 e. The Morgan fingerprint density at radius 2 is 1.50 bits per heavy atom. The Morgan fingerprint density at radius 3 is 2.11 bits per heavy atom. The smallest absolute Gasteiger partial charge is 0.407 e. The zero-order valence-electron chi connectivity index (χ0n) is 22.5. The van der Waals surface area contributed by atoms with Gasteiger partial charge in [0.2, 0.25) is 5.91 Å². The Balaban J connectivity index is 1.36. The Morgan fingerprint density at radius 1 is 0.895 bits per heavy atom. The van der Waals surface area contributed by atoms with Crippen molar-refractivity contribution < 1.29 is 23.9 Å². The van der Waals surface area contributed by atoms with Crippen molar-refractivity contribution in [2.75, 3.05) is 13.2 Å². The minimum absolute atomic E-state index is 0.0727. The first-order chi connectivity index (χ1) is 18.2. The topological polar surface area (TPSA) is 106 Å². The minimum Gasteiger partial charge on any atom is -0.449 e. The Labute approximate surface area is 224 Å². The van der Waals surface area contributed by atoms with Crippen LogP contribution in [0.15, 0.2) is 48.5 Å². The second-order valence-corrected chi connectivity index (χ2v) is 11.1. The number of hydrogen-bond acceptors (Lipinski definition) is 5. The summed E-state index contributed by atoms with van der Waals surface area (Å²) in [5, 5.41) is 8.47. The van der Waals surface area contributed by atoms with E-state index in [0.717, 1.165) is 47.9 Å². The fraction of sp³-hybridized carbons (Fsp3) is 0.500. The normalized spacial score (nSPS) is 16.1. The zero-order chi connectivity index (χ0) is 27.1. The lowest BCUT2D eigenvalue weighted by molar-refractivity contribution is -0.124. The highest BCUT2D eigenvalue weighted by atomic mass is 16.6. The van der Waals surface area contributed by atoms with Crippen LogP contribution in [-0.4, -0.2) is 48.9 Å². The van der Waals surface area contributed by atoms with Gasteiger partial charge in [0.05, 0.1) is 0 Å². The van der Waals surface area contributed by atoms with Crippen molar-refractivity contribution in [3.05, 3.63) is 59.7 Å². The monoisotopic (exact) mass is 521 g/mol. The molecule has 0 unspecified atom stereocenters. The molecule has 0 heterocycles. The summed E-state index contributed by atoms with van der Waals surface area (Å²) >= 11 is 0. The van der Waals surface area contributed by atoms with Crippen molar-refractivity contribution in [3.8, 4) is 11.1 Å². The Hall–Kier alpha value is -3.55. The molecule has 2 aliphatic rings. The lowest BCUT2D eigenvalue weighted by atomic mass is 9.95. The first kappa shape index (κ1) is 27.5. The lowest BCUT2D eigenvalue weighted by Crippen LogP contribution is -2.51. The number of ether oxygens (including phenoxy) is 2. The molecule has 0 radical (unpaired) electrons. The molecule has 1 fully saturated rings. The van der Waals surface area contributed by atoms with Crippen LogP contribution >= 0.6 is 0 Å². The second kappa shape index (κ2) is 12.3. The molecule has 204 valence electrons. The molecule has 0 spiro atoms. The lowest BCUT2D eigenvalue weighted by Gasteiger charge is -2.26. The molecule has 0 aromatic heterocycles. The van der Waals surface area contributed by atoms with Crippen LogP contribution in [0.5, 0.6) is 0 Å². The van der Waals surface area contributed by atoms with Crippen LogP contribution in [-0.2, 0) is 14.3 Å². The third-order valence-electron chi connectivity index (χ3n) is 7.01. The molecule has 0 saturated heterocycles. The van der Waals surface area contributed by atoms with Crippen LogP contribution in [0.25, 0.3) is 11.1 Å². The molecular formula is C30H39N3O5. The van der Waals surface area contributed by atoms with E-state index in [1.807, 2.05) is 24.3 Å². The molecule has 4 rings (SSSR count). The van der Waals surface area contributed by atoms with Crippen LogP contribution in [0, 0.1) is 0 Å². The van der Waals surface area contributed by atoms with Crippen molar-refractivity contribution in [1.82, 2.24) is 16.0 Å². The summed E-state index contributed by atoms with van der Waals surface area (Å²) in [5.41, 5.74) is 3.91. The molecule has 2 aromatic carbocycles. The summed E-state index contributed by atoms with van der Waals surface area (Å²) in [5.74, 6) is -0.340. The molecule has 2 aliphatic carbocycles. The summed E-state index contributed by atoms with van der Waals surface area (Å²) in [4.78, 5) is 38.1. The Kier molecular flexibility index (Phi) is 8.92. The molecular weight excluding hydrogens is 482 g/mol. The van der Waals surface area contributed by atoms with Gasteiger partial charge in [-0.25, -0.2) is 9.59 Å². The Bertz CT molecular complexity index is 1090. The molecule has 0 bridgehead atoms. The van der Waals surface area contributed by atoms with Crippen molar-refractivity contribution in [1.29, 1.82) is 0 Å². The van der Waals surface area contributed by atoms with Gasteiger partial charge in [0.25, 0.3) is 0 Å². The van der Waals surface area contributed by atoms with Gasteiger partial charge in [0.15, 0.2) is 0 Å². The van der Waals surface area contributed by atoms with Gasteiger partial charge in [-0.3, -0.25) is 4.79 Å². The minimum atomic E-state index is -0.845. The van der Waals surface area contributed by atoms with E-state index in [-0.39, 0.29) is 37.4 Å². The maximum Gasteiger partial charge on any atom is 0.407 e. The maximum atomic E-state index is 13.1. The number of amides is 3. The van der Waals surface area contributed by atoms with E-state index < -0.39 is 23.8 Å². The molecule has 3 amide bonds. The molecule has 8 heteroatoms. The number of carbonyl (C=O) groups excluding carboxylic acids is 3. The third-order valence-corrected chi connectivity index (χ3v) is 7.01. The van der Waals surface area contributed by atoms with E-state index in [4.69, 9.17) is 9.47 Å². The second-order valence-electron chi connectivity index (χ2n) is 11.1. The third kappa shape index (κ3) is 7.27. The number of carbonyl (C=O) groups is 3. The number of alkyl carbamates (subject to hydrolysis) is 2. The van der Waals surface area contributed by atoms with E-state index in [1.54, 1.807) is 20.8 Å². The average molecular weight is 522 g/mol. The van der Waals surface area contributed by atoms with Crippen molar-refractivity contribution in [2.45, 2.75) is 82.9 Å². The van der Waals surface area contributed by atoms with Crippen LogP contribution in [0.2, 0.25) is 0 Å². The summed E-state index contributed by atoms with van der Waals surface area (Å²) in [7, 11) is 0. The highest BCUT2D eigenvalue weighted by Crippen LogP contribution is 2.44. The van der Waals surface area contributed by atoms with Crippen molar-refractivity contribution >= 4 is 18.1 Å². The highest BCUT2D eigenvalue weighted by Gasteiger charge is 2.30. The number of fused-ring (bicyclic) bond motifs is 3. The zero-order valence-corrected chi connectivity index (χ0v) is 22.5. The summed E-state index contributed by atoms with van der Waals surface area (Å²) < 4.78 is 10.9. The van der Waals surface area contributed by atoms with E-state index in [2.05, 4.69) is 40.2 Å². The molecule has 2 aromatic rings. The number of rotatable bonds is 8. The highest BCUT2D eigenvalue weighted by molar-refractivity contribution is 5.86. The predicted octanol–water partition coefficient (Wildman–Crippen LogP) is 5.26. The molecule has 8 nitrogen and oxygen atoms in total. The number of hydrogen-bond donors (Lipinski definition) is 3. The van der Waals surface area contributed by atoms with Crippen LogP contribution < -0.4 is 16.0 Å².